The average Bonchev–Trinajstić information content (AvgIpc) is 2.38. The maximum absolute atomic E-state index is 11.6. The predicted octanol–water partition coefficient (Wildman–Crippen LogP) is 2.62. The monoisotopic (exact) mass is 249 g/mol. The number of benzene rings is 1. The minimum absolute atomic E-state index is 0.0979. The number of rotatable bonds is 6. The molecule has 0 heterocycles. The van der Waals surface area contributed by atoms with Crippen LogP contribution in [0.4, 0.5) is 11.4 Å². The van der Waals surface area contributed by atoms with E-state index >= 15 is 0 Å². The summed E-state index contributed by atoms with van der Waals surface area (Å²) >= 11 is 0. The van der Waals surface area contributed by atoms with Crippen molar-refractivity contribution in [2.24, 2.45) is 0 Å². The van der Waals surface area contributed by atoms with E-state index in [0.717, 1.165) is 12.1 Å². The van der Waals surface area contributed by atoms with E-state index in [1.807, 2.05) is 0 Å². The highest BCUT2D eigenvalue weighted by molar-refractivity contribution is 5.96. The number of nitrogens with two attached hydrogens (primary N) is 1. The van der Waals surface area contributed by atoms with Crippen LogP contribution in [0.25, 0.3) is 0 Å². The van der Waals surface area contributed by atoms with Gasteiger partial charge in [0.15, 0.2) is 0 Å². The number of nitrogens with one attached hydrogen (secondary N) is 2. The molecule has 1 aromatic carbocycles. The summed E-state index contributed by atoms with van der Waals surface area (Å²) in [6.07, 6.45) is 3.46. The number of carbonyl (C=O) groups excluding carboxylic acids is 1. The summed E-state index contributed by atoms with van der Waals surface area (Å²) in [6, 6.07) is 5.65. The lowest BCUT2D eigenvalue weighted by Crippen LogP contribution is -2.19. The predicted molar refractivity (Wildman–Crippen MR) is 76.9 cm³/mol. The summed E-state index contributed by atoms with van der Waals surface area (Å²) in [5, 5.41) is 5.97. The van der Waals surface area contributed by atoms with Crippen molar-refractivity contribution in [1.29, 1.82) is 0 Å². The van der Waals surface area contributed by atoms with Gasteiger partial charge in [-0.3, -0.25) is 4.79 Å². The van der Waals surface area contributed by atoms with E-state index < -0.39 is 0 Å². The van der Waals surface area contributed by atoms with Gasteiger partial charge in [-0.25, -0.2) is 0 Å². The highest BCUT2D eigenvalue weighted by Crippen LogP contribution is 2.21. The standard InChI is InChI=1S/C14H23N3O/c1-4-5-6-10(2)17-13-9-11(14(18)16-3)7-8-12(13)15/h7-10,17H,4-6,15H2,1-3H3,(H,16,18). The second-order valence-electron chi connectivity index (χ2n) is 4.57. The Morgan fingerprint density at radius 3 is 2.78 bits per heavy atom. The van der Waals surface area contributed by atoms with Crippen LogP contribution in [0.1, 0.15) is 43.5 Å². The molecule has 100 valence electrons. The van der Waals surface area contributed by atoms with Gasteiger partial charge in [0.1, 0.15) is 0 Å². The molecule has 0 aromatic heterocycles. The van der Waals surface area contributed by atoms with Gasteiger partial charge in [-0.1, -0.05) is 19.8 Å². The quantitative estimate of drug-likeness (QED) is 0.679. The Hall–Kier alpha value is -1.71. The molecule has 0 radical (unpaired) electrons. The first kappa shape index (κ1) is 14.4. The van der Waals surface area contributed by atoms with Crippen molar-refractivity contribution in [3.63, 3.8) is 0 Å². The normalized spacial score (nSPS) is 11.9. The van der Waals surface area contributed by atoms with E-state index in [-0.39, 0.29) is 5.91 Å². The fourth-order valence-corrected chi connectivity index (χ4v) is 1.81. The molecule has 0 spiro atoms. The minimum Gasteiger partial charge on any atom is -0.397 e. The fourth-order valence-electron chi connectivity index (χ4n) is 1.81. The molecule has 0 fully saturated rings. The first-order chi connectivity index (χ1) is 8.58. The van der Waals surface area contributed by atoms with Crippen LogP contribution in [0.5, 0.6) is 0 Å². The Bertz CT molecular complexity index is 404. The van der Waals surface area contributed by atoms with Crippen LogP contribution in [0, 0.1) is 0 Å². The van der Waals surface area contributed by atoms with Crippen molar-refractivity contribution in [3.8, 4) is 0 Å². The highest BCUT2D eigenvalue weighted by atomic mass is 16.1. The molecule has 1 amide bonds. The second-order valence-corrected chi connectivity index (χ2v) is 4.57. The lowest BCUT2D eigenvalue weighted by molar-refractivity contribution is 0.0963. The molecule has 4 heteroatoms. The molecule has 0 aliphatic heterocycles. The van der Waals surface area contributed by atoms with E-state index in [2.05, 4.69) is 24.5 Å². The van der Waals surface area contributed by atoms with E-state index in [9.17, 15) is 4.79 Å². The number of hydrogen-bond acceptors (Lipinski definition) is 3. The van der Waals surface area contributed by atoms with Gasteiger partial charge in [0.2, 0.25) is 0 Å². The van der Waals surface area contributed by atoms with E-state index in [4.69, 9.17) is 5.73 Å². The van der Waals surface area contributed by atoms with Crippen LogP contribution in [-0.2, 0) is 0 Å². The fraction of sp³-hybridized carbons (Fsp3) is 0.500. The molecule has 1 atom stereocenters. The molecule has 4 nitrogen and oxygen atoms in total. The van der Waals surface area contributed by atoms with E-state index in [1.165, 1.54) is 12.8 Å². The Kier molecular flexibility index (Phi) is 5.49. The zero-order valence-corrected chi connectivity index (χ0v) is 11.4. The molecule has 0 aliphatic carbocycles. The van der Waals surface area contributed by atoms with E-state index in [1.54, 1.807) is 25.2 Å². The number of hydrogen-bond donors (Lipinski definition) is 3. The third-order valence-electron chi connectivity index (χ3n) is 2.94. The number of carbonyl (C=O) groups is 1. The van der Waals surface area contributed by atoms with Crippen LogP contribution in [0.2, 0.25) is 0 Å². The Morgan fingerprint density at radius 2 is 2.17 bits per heavy atom. The van der Waals surface area contributed by atoms with Gasteiger partial charge in [-0.15, -0.1) is 0 Å². The highest BCUT2D eigenvalue weighted by Gasteiger charge is 2.08. The van der Waals surface area contributed by atoms with Crippen LogP contribution < -0.4 is 16.4 Å². The van der Waals surface area contributed by atoms with Crippen molar-refractivity contribution in [1.82, 2.24) is 5.32 Å². The molecular formula is C14H23N3O. The molecule has 1 unspecified atom stereocenters. The maximum Gasteiger partial charge on any atom is 0.251 e. The third kappa shape index (κ3) is 3.95. The zero-order valence-electron chi connectivity index (χ0n) is 11.4. The van der Waals surface area contributed by atoms with Crippen molar-refractivity contribution >= 4 is 17.3 Å². The summed E-state index contributed by atoms with van der Waals surface area (Å²) < 4.78 is 0. The topological polar surface area (TPSA) is 67.2 Å². The van der Waals surface area contributed by atoms with Crippen molar-refractivity contribution in [2.45, 2.75) is 39.2 Å². The van der Waals surface area contributed by atoms with Crippen molar-refractivity contribution in [2.75, 3.05) is 18.1 Å². The average molecular weight is 249 g/mol. The molecule has 4 N–H and O–H groups in total. The Morgan fingerprint density at radius 1 is 1.44 bits per heavy atom. The summed E-state index contributed by atoms with van der Waals surface area (Å²) in [7, 11) is 1.62. The first-order valence-corrected chi connectivity index (χ1v) is 6.46. The van der Waals surface area contributed by atoms with Gasteiger partial charge < -0.3 is 16.4 Å². The molecule has 0 bridgehead atoms. The Balaban J connectivity index is 2.77. The summed E-state index contributed by atoms with van der Waals surface area (Å²) in [5.41, 5.74) is 8.04. The number of amides is 1. The maximum atomic E-state index is 11.6. The Labute approximate surface area is 109 Å². The van der Waals surface area contributed by atoms with Gasteiger partial charge in [0.25, 0.3) is 5.91 Å². The third-order valence-corrected chi connectivity index (χ3v) is 2.94. The van der Waals surface area contributed by atoms with Crippen LogP contribution in [0.3, 0.4) is 0 Å². The first-order valence-electron chi connectivity index (χ1n) is 6.46. The van der Waals surface area contributed by atoms with Gasteiger partial charge in [-0.05, 0) is 31.5 Å². The molecule has 0 aliphatic rings. The van der Waals surface area contributed by atoms with Gasteiger partial charge in [-0.2, -0.15) is 0 Å². The molecule has 18 heavy (non-hydrogen) atoms. The number of nitrogen functional groups attached to an aromatic ring is 1. The molecule has 0 saturated heterocycles. The lowest BCUT2D eigenvalue weighted by Gasteiger charge is -2.17. The molecule has 1 rings (SSSR count). The minimum atomic E-state index is -0.0979. The number of unbranched alkanes of at least 4 members (excludes halogenated alkanes) is 1. The zero-order chi connectivity index (χ0) is 13.5. The van der Waals surface area contributed by atoms with Crippen LogP contribution in [0.15, 0.2) is 18.2 Å². The largest absolute Gasteiger partial charge is 0.397 e. The molecular weight excluding hydrogens is 226 g/mol. The van der Waals surface area contributed by atoms with E-state index in [0.29, 0.717) is 17.3 Å². The summed E-state index contributed by atoms with van der Waals surface area (Å²) in [5.74, 6) is -0.0979. The SMILES string of the molecule is CCCCC(C)Nc1cc(C(=O)NC)ccc1N. The van der Waals surface area contributed by atoms with Crippen molar-refractivity contribution in [3.05, 3.63) is 23.8 Å². The molecule has 0 saturated carbocycles. The summed E-state index contributed by atoms with van der Waals surface area (Å²) in [4.78, 5) is 11.6. The summed E-state index contributed by atoms with van der Waals surface area (Å²) in [6.45, 7) is 4.30. The smallest absolute Gasteiger partial charge is 0.251 e. The van der Waals surface area contributed by atoms with Gasteiger partial charge in [0.05, 0.1) is 11.4 Å². The lowest BCUT2D eigenvalue weighted by atomic mass is 10.1. The van der Waals surface area contributed by atoms with Crippen LogP contribution in [-0.4, -0.2) is 19.0 Å². The van der Waals surface area contributed by atoms with Crippen LogP contribution >= 0.6 is 0 Å². The molecule has 1 aromatic rings. The van der Waals surface area contributed by atoms with Gasteiger partial charge >= 0.3 is 0 Å². The second kappa shape index (κ2) is 6.89. The number of anilines is 2. The van der Waals surface area contributed by atoms with Gasteiger partial charge in [0, 0.05) is 18.7 Å². The van der Waals surface area contributed by atoms with Crippen molar-refractivity contribution < 1.29 is 4.79 Å².